The Kier molecular flexibility index (Phi) is 4.73. The van der Waals surface area contributed by atoms with Crippen LogP contribution in [0.5, 0.6) is 0 Å². The molecule has 0 aromatic heterocycles. The van der Waals surface area contributed by atoms with Crippen LogP contribution in [-0.2, 0) is 11.3 Å². The van der Waals surface area contributed by atoms with Crippen LogP contribution in [0.3, 0.4) is 0 Å². The molecule has 20 heavy (non-hydrogen) atoms. The van der Waals surface area contributed by atoms with E-state index in [1.807, 2.05) is 0 Å². The van der Waals surface area contributed by atoms with Crippen molar-refractivity contribution < 1.29 is 9.72 Å². The number of nitro groups is 1. The fourth-order valence-electron chi connectivity index (χ4n) is 2.73. The fraction of sp³-hybridized carbons (Fsp3) is 0.500. The minimum absolute atomic E-state index is 0.0472. The summed E-state index contributed by atoms with van der Waals surface area (Å²) in [5, 5.41) is 11.4. The maximum atomic E-state index is 11.3. The molecule has 108 valence electrons. The molecule has 6 heteroatoms. The van der Waals surface area contributed by atoms with E-state index in [1.54, 1.807) is 19.1 Å². The largest absolute Gasteiger partial charge is 0.300 e. The fourth-order valence-corrected chi connectivity index (χ4v) is 2.89. The molecule has 5 nitrogen and oxygen atoms in total. The lowest BCUT2D eigenvalue weighted by molar-refractivity contribution is -0.385. The van der Waals surface area contributed by atoms with Gasteiger partial charge in [0.25, 0.3) is 5.69 Å². The van der Waals surface area contributed by atoms with Crippen molar-refractivity contribution in [3.63, 3.8) is 0 Å². The lowest BCUT2D eigenvalue weighted by Crippen LogP contribution is -2.30. The van der Waals surface area contributed by atoms with Crippen molar-refractivity contribution in [2.24, 2.45) is 0 Å². The molecule has 0 aliphatic carbocycles. The summed E-state index contributed by atoms with van der Waals surface area (Å²) in [5.41, 5.74) is 0.695. The van der Waals surface area contributed by atoms with Gasteiger partial charge < -0.3 is 0 Å². The molecular formula is C14H17ClN2O3. The van der Waals surface area contributed by atoms with E-state index in [-0.39, 0.29) is 17.5 Å². The highest BCUT2D eigenvalue weighted by Gasteiger charge is 2.27. The number of rotatable bonds is 5. The van der Waals surface area contributed by atoms with E-state index < -0.39 is 4.92 Å². The number of ketones is 1. The molecule has 0 radical (unpaired) electrons. The van der Waals surface area contributed by atoms with E-state index in [4.69, 9.17) is 11.6 Å². The van der Waals surface area contributed by atoms with Gasteiger partial charge in [0.05, 0.1) is 4.92 Å². The van der Waals surface area contributed by atoms with Gasteiger partial charge in [0, 0.05) is 35.7 Å². The highest BCUT2D eigenvalue weighted by molar-refractivity contribution is 6.30. The van der Waals surface area contributed by atoms with Gasteiger partial charge in [-0.25, -0.2) is 0 Å². The van der Waals surface area contributed by atoms with Gasteiger partial charge in [0.2, 0.25) is 0 Å². The third-order valence-electron chi connectivity index (χ3n) is 3.64. The second-order valence-corrected chi connectivity index (χ2v) is 5.64. The smallest absolute Gasteiger partial charge is 0.275 e. The standard InChI is InChI=1S/C14H17ClN2O3/c1-10(18)7-13-3-2-6-16(13)9-11-4-5-12(15)8-14(11)17(19)20/h4-5,8,13H,2-3,6-7,9H2,1H3. The van der Waals surface area contributed by atoms with Crippen molar-refractivity contribution in [3.8, 4) is 0 Å². The van der Waals surface area contributed by atoms with Crippen LogP contribution in [0.25, 0.3) is 0 Å². The Labute approximate surface area is 122 Å². The van der Waals surface area contributed by atoms with Gasteiger partial charge >= 0.3 is 0 Å². The van der Waals surface area contributed by atoms with Crippen molar-refractivity contribution in [3.05, 3.63) is 38.9 Å². The second kappa shape index (κ2) is 6.33. The zero-order chi connectivity index (χ0) is 14.7. The molecule has 0 amide bonds. The molecule has 1 heterocycles. The molecule has 1 aromatic carbocycles. The van der Waals surface area contributed by atoms with E-state index in [0.717, 1.165) is 19.4 Å². The van der Waals surface area contributed by atoms with Crippen LogP contribution >= 0.6 is 11.6 Å². The molecule has 1 atom stereocenters. The van der Waals surface area contributed by atoms with Gasteiger partial charge in [-0.05, 0) is 38.4 Å². The zero-order valence-corrected chi connectivity index (χ0v) is 12.1. The van der Waals surface area contributed by atoms with E-state index in [0.29, 0.717) is 23.6 Å². The molecule has 1 aliphatic heterocycles. The molecule has 0 saturated carbocycles. The minimum atomic E-state index is -0.405. The van der Waals surface area contributed by atoms with Crippen LogP contribution in [-0.4, -0.2) is 28.2 Å². The van der Waals surface area contributed by atoms with Crippen molar-refractivity contribution in [1.29, 1.82) is 0 Å². The van der Waals surface area contributed by atoms with E-state index in [2.05, 4.69) is 4.90 Å². The van der Waals surface area contributed by atoms with Crippen LogP contribution in [0, 0.1) is 10.1 Å². The summed E-state index contributed by atoms with van der Waals surface area (Å²) in [6.45, 7) is 2.95. The molecule has 0 N–H and O–H groups in total. The number of hydrogen-bond donors (Lipinski definition) is 0. The van der Waals surface area contributed by atoms with E-state index in [9.17, 15) is 14.9 Å². The van der Waals surface area contributed by atoms with Crippen molar-refractivity contribution in [2.45, 2.75) is 38.8 Å². The topological polar surface area (TPSA) is 63.5 Å². The van der Waals surface area contributed by atoms with Crippen LogP contribution in [0.4, 0.5) is 5.69 Å². The SMILES string of the molecule is CC(=O)CC1CCCN1Cc1ccc(Cl)cc1[N+](=O)[O-]. The third kappa shape index (κ3) is 3.55. The predicted octanol–water partition coefficient (Wildman–Crippen LogP) is 3.19. The van der Waals surface area contributed by atoms with Gasteiger partial charge in [-0.15, -0.1) is 0 Å². The molecular weight excluding hydrogens is 280 g/mol. The lowest BCUT2D eigenvalue weighted by Gasteiger charge is -2.23. The summed E-state index contributed by atoms with van der Waals surface area (Å²) < 4.78 is 0. The average molecular weight is 297 g/mol. The number of halogens is 1. The van der Waals surface area contributed by atoms with Crippen LogP contribution in [0.15, 0.2) is 18.2 Å². The molecule has 1 aromatic rings. The highest BCUT2D eigenvalue weighted by Crippen LogP contribution is 2.28. The highest BCUT2D eigenvalue weighted by atomic mass is 35.5. The van der Waals surface area contributed by atoms with E-state index >= 15 is 0 Å². The van der Waals surface area contributed by atoms with Gasteiger partial charge in [-0.1, -0.05) is 11.6 Å². The normalized spacial score (nSPS) is 19.2. The first-order valence-electron chi connectivity index (χ1n) is 6.63. The Balaban J connectivity index is 2.17. The first kappa shape index (κ1) is 14.9. The number of hydrogen-bond acceptors (Lipinski definition) is 4. The molecule has 0 bridgehead atoms. The Hall–Kier alpha value is -1.46. The summed E-state index contributed by atoms with van der Waals surface area (Å²) in [6.07, 6.45) is 2.52. The molecule has 1 saturated heterocycles. The molecule has 1 unspecified atom stereocenters. The maximum absolute atomic E-state index is 11.3. The van der Waals surface area contributed by atoms with Gasteiger partial charge in [0.15, 0.2) is 0 Å². The first-order valence-corrected chi connectivity index (χ1v) is 7.01. The Bertz CT molecular complexity index is 533. The minimum Gasteiger partial charge on any atom is -0.300 e. The Morgan fingerprint density at radius 3 is 2.95 bits per heavy atom. The van der Waals surface area contributed by atoms with Gasteiger partial charge in [-0.2, -0.15) is 0 Å². The number of carbonyl (C=O) groups excluding carboxylic acids is 1. The Morgan fingerprint density at radius 1 is 1.55 bits per heavy atom. The van der Waals surface area contributed by atoms with Crippen LogP contribution in [0.1, 0.15) is 31.7 Å². The van der Waals surface area contributed by atoms with Crippen LogP contribution < -0.4 is 0 Å². The number of Topliss-reactive ketones (excluding diaryl/α,β-unsaturated/α-hetero) is 1. The van der Waals surface area contributed by atoms with Gasteiger partial charge in [0.1, 0.15) is 5.78 Å². The van der Waals surface area contributed by atoms with Crippen molar-refractivity contribution >= 4 is 23.1 Å². The summed E-state index contributed by atoms with van der Waals surface area (Å²) in [5.74, 6) is 0.160. The van der Waals surface area contributed by atoms with Crippen molar-refractivity contribution in [2.75, 3.05) is 6.54 Å². The van der Waals surface area contributed by atoms with Crippen LogP contribution in [0.2, 0.25) is 5.02 Å². The summed E-state index contributed by atoms with van der Waals surface area (Å²) in [7, 11) is 0. The summed E-state index contributed by atoms with van der Waals surface area (Å²) in [6, 6.07) is 4.94. The third-order valence-corrected chi connectivity index (χ3v) is 3.87. The maximum Gasteiger partial charge on any atom is 0.275 e. The van der Waals surface area contributed by atoms with Crippen molar-refractivity contribution in [1.82, 2.24) is 4.90 Å². The average Bonchev–Trinajstić information content (AvgIpc) is 2.78. The second-order valence-electron chi connectivity index (χ2n) is 5.20. The number of nitro benzene ring substituents is 1. The summed E-state index contributed by atoms with van der Waals surface area (Å²) in [4.78, 5) is 24.1. The first-order chi connectivity index (χ1) is 9.47. The molecule has 1 aliphatic rings. The molecule has 2 rings (SSSR count). The number of benzene rings is 1. The monoisotopic (exact) mass is 296 g/mol. The number of nitrogens with zero attached hydrogens (tertiary/aromatic N) is 2. The number of likely N-dealkylation sites (tertiary alicyclic amines) is 1. The molecule has 1 fully saturated rings. The van der Waals surface area contributed by atoms with E-state index in [1.165, 1.54) is 6.07 Å². The number of carbonyl (C=O) groups is 1. The quantitative estimate of drug-likeness (QED) is 0.618. The summed E-state index contributed by atoms with van der Waals surface area (Å²) >= 11 is 5.81. The lowest BCUT2D eigenvalue weighted by atomic mass is 10.1. The predicted molar refractivity (Wildman–Crippen MR) is 76.8 cm³/mol. The zero-order valence-electron chi connectivity index (χ0n) is 11.3. The Morgan fingerprint density at radius 2 is 2.30 bits per heavy atom. The molecule has 0 spiro atoms. The van der Waals surface area contributed by atoms with Gasteiger partial charge in [-0.3, -0.25) is 19.8 Å².